The fourth-order valence-electron chi connectivity index (χ4n) is 2.34. The summed E-state index contributed by atoms with van der Waals surface area (Å²) >= 11 is 0. The van der Waals surface area contributed by atoms with E-state index in [4.69, 9.17) is 0 Å². The van der Waals surface area contributed by atoms with E-state index in [1.807, 2.05) is 37.4 Å². The van der Waals surface area contributed by atoms with Gasteiger partial charge in [-0.2, -0.15) is 0 Å². The summed E-state index contributed by atoms with van der Waals surface area (Å²) < 4.78 is 13.3. The van der Waals surface area contributed by atoms with E-state index < -0.39 is 0 Å². The van der Waals surface area contributed by atoms with Crippen molar-refractivity contribution >= 4 is 16.6 Å². The Balaban J connectivity index is 1.87. The minimum atomic E-state index is -0.354. The van der Waals surface area contributed by atoms with Crippen LogP contribution in [0, 0.1) is 5.82 Å². The maximum atomic E-state index is 13.3. The van der Waals surface area contributed by atoms with Crippen molar-refractivity contribution in [1.29, 1.82) is 0 Å². The van der Waals surface area contributed by atoms with Gasteiger partial charge in [0, 0.05) is 28.4 Å². The van der Waals surface area contributed by atoms with Gasteiger partial charge in [0.1, 0.15) is 11.6 Å². The molecule has 2 aromatic carbocycles. The monoisotopic (exact) mass is 270 g/mol. The molecule has 4 heteroatoms. The van der Waals surface area contributed by atoms with E-state index in [-0.39, 0.29) is 17.6 Å². The predicted molar refractivity (Wildman–Crippen MR) is 78.4 cm³/mol. The molecule has 0 saturated carbocycles. The molecule has 3 nitrogen and oxygen atoms in total. The molecular weight excluding hydrogens is 255 g/mol. The van der Waals surface area contributed by atoms with Gasteiger partial charge in [0.2, 0.25) is 0 Å². The maximum Gasteiger partial charge on any atom is 0.123 e. The average Bonchev–Trinajstić information content (AvgIpc) is 2.89. The van der Waals surface area contributed by atoms with Gasteiger partial charge in [-0.15, -0.1) is 0 Å². The smallest absolute Gasteiger partial charge is 0.123 e. The van der Waals surface area contributed by atoms with Crippen molar-refractivity contribution in [2.24, 2.45) is 0 Å². The van der Waals surface area contributed by atoms with E-state index in [0.717, 1.165) is 16.6 Å². The molecule has 1 atom stereocenters. The van der Waals surface area contributed by atoms with Crippen LogP contribution in [0.25, 0.3) is 10.9 Å². The van der Waals surface area contributed by atoms with Gasteiger partial charge in [-0.1, -0.05) is 0 Å². The highest BCUT2D eigenvalue weighted by Crippen LogP contribution is 2.28. The number of nitrogens with one attached hydrogen (secondary N) is 2. The number of rotatable bonds is 3. The Morgan fingerprint density at radius 3 is 2.85 bits per heavy atom. The molecule has 1 unspecified atom stereocenters. The van der Waals surface area contributed by atoms with Crippen molar-refractivity contribution in [3.05, 3.63) is 60.0 Å². The number of fused-ring (bicyclic) bond motifs is 1. The van der Waals surface area contributed by atoms with Crippen molar-refractivity contribution in [3.63, 3.8) is 0 Å². The summed E-state index contributed by atoms with van der Waals surface area (Å²) in [6, 6.07) is 11.7. The standard InChI is InChI=1S/C16H15FN2O/c1-10(14-9-12(17)2-5-16(14)20)19-13-3-4-15-11(8-13)6-7-18-15/h2-10,18-20H,1H3. The Kier molecular flexibility index (Phi) is 3.06. The second kappa shape index (κ2) is 4.89. The summed E-state index contributed by atoms with van der Waals surface area (Å²) in [5, 5.41) is 14.2. The first-order valence-electron chi connectivity index (χ1n) is 6.45. The molecule has 102 valence electrons. The van der Waals surface area contributed by atoms with Gasteiger partial charge < -0.3 is 15.4 Å². The quantitative estimate of drug-likeness (QED) is 0.668. The normalized spacial score (nSPS) is 12.5. The summed E-state index contributed by atoms with van der Waals surface area (Å²) in [5.41, 5.74) is 2.53. The third-order valence-electron chi connectivity index (χ3n) is 3.39. The number of hydrogen-bond donors (Lipinski definition) is 3. The molecule has 0 radical (unpaired) electrons. The van der Waals surface area contributed by atoms with Gasteiger partial charge >= 0.3 is 0 Å². The van der Waals surface area contributed by atoms with E-state index >= 15 is 0 Å². The molecule has 3 aromatic rings. The highest BCUT2D eigenvalue weighted by molar-refractivity contribution is 5.83. The van der Waals surface area contributed by atoms with Crippen LogP contribution in [0.1, 0.15) is 18.5 Å². The van der Waals surface area contributed by atoms with Crippen LogP contribution in [-0.4, -0.2) is 10.1 Å². The molecule has 20 heavy (non-hydrogen) atoms. The van der Waals surface area contributed by atoms with Crippen molar-refractivity contribution < 1.29 is 9.50 Å². The third kappa shape index (κ3) is 2.32. The third-order valence-corrected chi connectivity index (χ3v) is 3.39. The van der Waals surface area contributed by atoms with E-state index in [9.17, 15) is 9.50 Å². The molecule has 0 saturated heterocycles. The Hall–Kier alpha value is -2.49. The second-order valence-electron chi connectivity index (χ2n) is 4.85. The zero-order valence-electron chi connectivity index (χ0n) is 11.0. The number of aromatic nitrogens is 1. The number of hydrogen-bond acceptors (Lipinski definition) is 2. The summed E-state index contributed by atoms with van der Waals surface area (Å²) in [4.78, 5) is 3.13. The summed E-state index contributed by atoms with van der Waals surface area (Å²) in [7, 11) is 0. The summed E-state index contributed by atoms with van der Waals surface area (Å²) in [5.74, 6) is -0.262. The lowest BCUT2D eigenvalue weighted by Crippen LogP contribution is -2.07. The minimum absolute atomic E-state index is 0.0918. The van der Waals surface area contributed by atoms with Crippen LogP contribution in [0.3, 0.4) is 0 Å². The Labute approximate surface area is 116 Å². The molecule has 1 aromatic heterocycles. The van der Waals surface area contributed by atoms with Gasteiger partial charge in [-0.25, -0.2) is 4.39 Å². The molecule has 0 aliphatic carbocycles. The number of anilines is 1. The van der Waals surface area contributed by atoms with Crippen LogP contribution in [0.5, 0.6) is 5.75 Å². The molecule has 0 bridgehead atoms. The minimum Gasteiger partial charge on any atom is -0.508 e. The highest BCUT2D eigenvalue weighted by Gasteiger charge is 2.11. The Morgan fingerprint density at radius 1 is 1.15 bits per heavy atom. The first-order valence-corrected chi connectivity index (χ1v) is 6.45. The van der Waals surface area contributed by atoms with E-state index in [1.54, 1.807) is 0 Å². The molecule has 0 spiro atoms. The number of aromatic hydroxyl groups is 1. The summed E-state index contributed by atoms with van der Waals surface area (Å²) in [6.45, 7) is 1.88. The van der Waals surface area contributed by atoms with E-state index in [1.165, 1.54) is 18.2 Å². The SMILES string of the molecule is CC(Nc1ccc2[nH]ccc2c1)c1cc(F)ccc1O. The average molecular weight is 270 g/mol. The van der Waals surface area contributed by atoms with Crippen LogP contribution in [0.15, 0.2) is 48.7 Å². The largest absolute Gasteiger partial charge is 0.508 e. The van der Waals surface area contributed by atoms with Crippen LogP contribution < -0.4 is 5.32 Å². The lowest BCUT2D eigenvalue weighted by atomic mass is 10.1. The molecule has 3 rings (SSSR count). The zero-order chi connectivity index (χ0) is 14.1. The van der Waals surface area contributed by atoms with Crippen LogP contribution in [0.2, 0.25) is 0 Å². The second-order valence-corrected chi connectivity index (χ2v) is 4.85. The first kappa shape index (κ1) is 12.5. The topological polar surface area (TPSA) is 48.0 Å². The number of benzene rings is 2. The maximum absolute atomic E-state index is 13.3. The van der Waals surface area contributed by atoms with E-state index in [2.05, 4.69) is 10.3 Å². The van der Waals surface area contributed by atoms with E-state index in [0.29, 0.717) is 5.56 Å². The fourth-order valence-corrected chi connectivity index (χ4v) is 2.34. The number of halogens is 1. The number of aromatic amines is 1. The van der Waals surface area contributed by atoms with Crippen molar-refractivity contribution in [1.82, 2.24) is 4.98 Å². The fraction of sp³-hybridized carbons (Fsp3) is 0.125. The van der Waals surface area contributed by atoms with Gasteiger partial charge in [-0.05, 0) is 49.4 Å². The van der Waals surface area contributed by atoms with Crippen LogP contribution in [-0.2, 0) is 0 Å². The van der Waals surface area contributed by atoms with Gasteiger partial charge in [0.15, 0.2) is 0 Å². The molecule has 0 aliphatic rings. The predicted octanol–water partition coefficient (Wildman–Crippen LogP) is 4.19. The molecule has 1 heterocycles. The molecule has 0 amide bonds. The van der Waals surface area contributed by atoms with Gasteiger partial charge in [0.05, 0.1) is 6.04 Å². The number of phenolic OH excluding ortho intramolecular Hbond substituents is 1. The zero-order valence-corrected chi connectivity index (χ0v) is 11.0. The number of H-pyrrole nitrogens is 1. The Bertz CT molecular complexity index is 751. The number of phenols is 1. The summed E-state index contributed by atoms with van der Waals surface area (Å²) in [6.07, 6.45) is 1.89. The molecule has 3 N–H and O–H groups in total. The van der Waals surface area contributed by atoms with Crippen LogP contribution >= 0.6 is 0 Å². The molecule has 0 aliphatic heterocycles. The molecular formula is C16H15FN2O. The van der Waals surface area contributed by atoms with Crippen LogP contribution in [0.4, 0.5) is 10.1 Å². The van der Waals surface area contributed by atoms with Crippen molar-refractivity contribution in [3.8, 4) is 5.75 Å². The van der Waals surface area contributed by atoms with Gasteiger partial charge in [0.25, 0.3) is 0 Å². The van der Waals surface area contributed by atoms with Crippen molar-refractivity contribution in [2.75, 3.05) is 5.32 Å². The molecule has 0 fully saturated rings. The highest BCUT2D eigenvalue weighted by atomic mass is 19.1. The van der Waals surface area contributed by atoms with Crippen molar-refractivity contribution in [2.45, 2.75) is 13.0 Å². The van der Waals surface area contributed by atoms with Gasteiger partial charge in [-0.3, -0.25) is 0 Å². The Morgan fingerprint density at radius 2 is 2.00 bits per heavy atom. The first-order chi connectivity index (χ1) is 9.63. The lowest BCUT2D eigenvalue weighted by Gasteiger charge is -2.17. The lowest BCUT2D eigenvalue weighted by molar-refractivity contribution is 0.462.